The predicted octanol–water partition coefficient (Wildman–Crippen LogP) is 1.73. The Labute approximate surface area is 114 Å². The Bertz CT molecular complexity index is 362. The van der Waals surface area contributed by atoms with E-state index in [0.29, 0.717) is 26.1 Å². The quantitative estimate of drug-likeness (QED) is 0.710. The van der Waals surface area contributed by atoms with Gasteiger partial charge in [0.1, 0.15) is 5.92 Å². The number of hydrogen-bond donors (Lipinski definition) is 0. The van der Waals surface area contributed by atoms with Crippen LogP contribution in [0.4, 0.5) is 0 Å². The zero-order chi connectivity index (χ0) is 14.3. The van der Waals surface area contributed by atoms with Crippen LogP contribution in [0.5, 0.6) is 0 Å². The van der Waals surface area contributed by atoms with Crippen LogP contribution in [0.25, 0.3) is 0 Å². The van der Waals surface area contributed by atoms with E-state index in [1.807, 2.05) is 6.92 Å². The molecular formula is C14H22N2O3. The molecule has 5 heteroatoms. The molecule has 1 heterocycles. The number of amides is 1. The van der Waals surface area contributed by atoms with Gasteiger partial charge in [-0.15, -0.1) is 0 Å². The molecule has 1 rings (SSSR count). The molecule has 0 aliphatic carbocycles. The third-order valence-electron chi connectivity index (χ3n) is 3.38. The van der Waals surface area contributed by atoms with Crippen molar-refractivity contribution >= 4 is 11.9 Å². The van der Waals surface area contributed by atoms with Gasteiger partial charge < -0.3 is 9.64 Å². The first kappa shape index (κ1) is 15.5. The summed E-state index contributed by atoms with van der Waals surface area (Å²) in [6.07, 6.45) is 2.93. The number of nitrogens with zero attached hydrogens (tertiary/aromatic N) is 2. The Morgan fingerprint density at radius 2 is 2.21 bits per heavy atom. The van der Waals surface area contributed by atoms with Gasteiger partial charge in [0, 0.05) is 13.1 Å². The van der Waals surface area contributed by atoms with Crippen LogP contribution >= 0.6 is 0 Å². The van der Waals surface area contributed by atoms with Gasteiger partial charge in [-0.05, 0) is 26.2 Å². The Morgan fingerprint density at radius 1 is 1.47 bits per heavy atom. The molecule has 0 bridgehead atoms. The number of likely N-dealkylation sites (tertiary alicyclic amines) is 1. The number of hydrogen-bond acceptors (Lipinski definition) is 4. The molecule has 1 aliphatic rings. The number of carbonyl (C=O) groups excluding carboxylic acids is 2. The molecular weight excluding hydrogens is 244 g/mol. The van der Waals surface area contributed by atoms with Gasteiger partial charge in [0.25, 0.3) is 0 Å². The number of rotatable bonds is 5. The zero-order valence-corrected chi connectivity index (χ0v) is 11.7. The minimum absolute atomic E-state index is 0.140. The second-order valence-electron chi connectivity index (χ2n) is 4.85. The van der Waals surface area contributed by atoms with Crippen LogP contribution in [-0.2, 0) is 14.3 Å². The topological polar surface area (TPSA) is 70.4 Å². The average molecular weight is 266 g/mol. The van der Waals surface area contributed by atoms with Crippen molar-refractivity contribution in [1.82, 2.24) is 4.90 Å². The lowest BCUT2D eigenvalue weighted by molar-refractivity contribution is -0.151. The van der Waals surface area contributed by atoms with Gasteiger partial charge in [0.05, 0.1) is 18.6 Å². The highest BCUT2D eigenvalue weighted by Gasteiger charge is 2.32. The largest absolute Gasteiger partial charge is 0.466 e. The highest BCUT2D eigenvalue weighted by molar-refractivity contribution is 5.82. The fourth-order valence-corrected chi connectivity index (χ4v) is 2.38. The minimum Gasteiger partial charge on any atom is -0.466 e. The summed E-state index contributed by atoms with van der Waals surface area (Å²) in [5.74, 6) is -1.19. The Morgan fingerprint density at radius 3 is 2.79 bits per heavy atom. The molecule has 0 radical (unpaired) electrons. The van der Waals surface area contributed by atoms with Crippen LogP contribution in [0, 0.1) is 23.2 Å². The highest BCUT2D eigenvalue weighted by Crippen LogP contribution is 2.20. The summed E-state index contributed by atoms with van der Waals surface area (Å²) in [6, 6.07) is 2.06. The van der Waals surface area contributed by atoms with Crippen molar-refractivity contribution in [2.75, 3.05) is 19.7 Å². The molecule has 0 spiro atoms. The molecule has 1 saturated heterocycles. The predicted molar refractivity (Wildman–Crippen MR) is 69.9 cm³/mol. The van der Waals surface area contributed by atoms with E-state index < -0.39 is 5.92 Å². The SMILES string of the molecule is CCCC(C#N)C(=O)N1CCCC(C(=O)OCC)C1. The molecule has 0 aromatic carbocycles. The summed E-state index contributed by atoms with van der Waals surface area (Å²) in [7, 11) is 0. The van der Waals surface area contributed by atoms with Crippen LogP contribution in [0.1, 0.15) is 39.5 Å². The normalized spacial score (nSPS) is 20.5. The van der Waals surface area contributed by atoms with Crippen LogP contribution < -0.4 is 0 Å². The van der Waals surface area contributed by atoms with Crippen molar-refractivity contribution in [2.45, 2.75) is 39.5 Å². The Balaban J connectivity index is 2.61. The summed E-state index contributed by atoms with van der Waals surface area (Å²) in [4.78, 5) is 25.6. The van der Waals surface area contributed by atoms with Crippen molar-refractivity contribution in [3.63, 3.8) is 0 Å². The van der Waals surface area contributed by atoms with E-state index in [9.17, 15) is 9.59 Å². The summed E-state index contributed by atoms with van der Waals surface area (Å²) in [5, 5.41) is 9.03. The molecule has 106 valence electrons. The summed E-state index contributed by atoms with van der Waals surface area (Å²) >= 11 is 0. The number of piperidine rings is 1. The lowest BCUT2D eigenvalue weighted by atomic mass is 9.95. The van der Waals surface area contributed by atoms with E-state index in [-0.39, 0.29) is 17.8 Å². The first-order valence-electron chi connectivity index (χ1n) is 6.99. The molecule has 1 fully saturated rings. The molecule has 2 atom stereocenters. The Kier molecular flexibility index (Phi) is 6.34. The number of ether oxygens (including phenoxy) is 1. The second kappa shape index (κ2) is 7.78. The van der Waals surface area contributed by atoms with Gasteiger partial charge >= 0.3 is 5.97 Å². The smallest absolute Gasteiger partial charge is 0.310 e. The maximum atomic E-state index is 12.2. The lowest BCUT2D eigenvalue weighted by Gasteiger charge is -2.32. The van der Waals surface area contributed by atoms with Crippen molar-refractivity contribution in [3.05, 3.63) is 0 Å². The molecule has 1 aliphatic heterocycles. The van der Waals surface area contributed by atoms with E-state index in [0.717, 1.165) is 19.3 Å². The van der Waals surface area contributed by atoms with E-state index in [2.05, 4.69) is 6.07 Å². The van der Waals surface area contributed by atoms with E-state index in [1.165, 1.54) is 0 Å². The lowest BCUT2D eigenvalue weighted by Crippen LogP contribution is -2.45. The maximum absolute atomic E-state index is 12.2. The first-order valence-corrected chi connectivity index (χ1v) is 6.99. The van der Waals surface area contributed by atoms with Crippen molar-refractivity contribution in [3.8, 4) is 6.07 Å². The van der Waals surface area contributed by atoms with Gasteiger partial charge in [-0.3, -0.25) is 9.59 Å². The second-order valence-corrected chi connectivity index (χ2v) is 4.85. The summed E-state index contributed by atoms with van der Waals surface area (Å²) in [5.41, 5.74) is 0. The third-order valence-corrected chi connectivity index (χ3v) is 3.38. The standard InChI is InChI=1S/C14H22N2O3/c1-3-6-11(9-15)13(17)16-8-5-7-12(10-16)14(18)19-4-2/h11-12H,3-8,10H2,1-2H3. The summed E-state index contributed by atoms with van der Waals surface area (Å²) < 4.78 is 5.00. The fourth-order valence-electron chi connectivity index (χ4n) is 2.38. The third kappa shape index (κ3) is 4.23. The van der Waals surface area contributed by atoms with Crippen molar-refractivity contribution in [1.29, 1.82) is 5.26 Å². The van der Waals surface area contributed by atoms with E-state index in [4.69, 9.17) is 10.00 Å². The van der Waals surface area contributed by atoms with Gasteiger partial charge in [-0.2, -0.15) is 5.26 Å². The van der Waals surface area contributed by atoms with Gasteiger partial charge in [-0.1, -0.05) is 13.3 Å². The fraction of sp³-hybridized carbons (Fsp3) is 0.786. The van der Waals surface area contributed by atoms with Gasteiger partial charge in [-0.25, -0.2) is 0 Å². The zero-order valence-electron chi connectivity index (χ0n) is 11.7. The summed E-state index contributed by atoms with van der Waals surface area (Å²) in [6.45, 7) is 5.11. The highest BCUT2D eigenvalue weighted by atomic mass is 16.5. The molecule has 1 amide bonds. The molecule has 0 N–H and O–H groups in total. The molecule has 2 unspecified atom stereocenters. The number of nitriles is 1. The number of carbonyl (C=O) groups is 2. The minimum atomic E-state index is -0.578. The van der Waals surface area contributed by atoms with Crippen LogP contribution in [0.3, 0.4) is 0 Å². The molecule has 0 aromatic rings. The van der Waals surface area contributed by atoms with E-state index >= 15 is 0 Å². The van der Waals surface area contributed by atoms with Crippen LogP contribution in [0.2, 0.25) is 0 Å². The van der Waals surface area contributed by atoms with Crippen molar-refractivity contribution in [2.24, 2.45) is 11.8 Å². The molecule has 0 saturated carbocycles. The monoisotopic (exact) mass is 266 g/mol. The molecule has 0 aromatic heterocycles. The van der Waals surface area contributed by atoms with Crippen LogP contribution in [0.15, 0.2) is 0 Å². The average Bonchev–Trinajstić information content (AvgIpc) is 2.44. The first-order chi connectivity index (χ1) is 9.13. The van der Waals surface area contributed by atoms with E-state index in [1.54, 1.807) is 11.8 Å². The Hall–Kier alpha value is -1.57. The van der Waals surface area contributed by atoms with Gasteiger partial charge in [0.2, 0.25) is 5.91 Å². The molecule has 5 nitrogen and oxygen atoms in total. The molecule has 19 heavy (non-hydrogen) atoms. The van der Waals surface area contributed by atoms with Crippen LogP contribution in [-0.4, -0.2) is 36.5 Å². The maximum Gasteiger partial charge on any atom is 0.310 e. The number of esters is 1. The van der Waals surface area contributed by atoms with Gasteiger partial charge in [0.15, 0.2) is 0 Å². The van der Waals surface area contributed by atoms with Crippen molar-refractivity contribution < 1.29 is 14.3 Å².